The fourth-order valence-electron chi connectivity index (χ4n) is 1.28. The zero-order chi connectivity index (χ0) is 13.7. The first-order valence-corrected chi connectivity index (χ1v) is 10.6. The maximum Gasteiger partial charge on any atom is 0.511 e. The highest BCUT2D eigenvalue weighted by Crippen LogP contribution is 2.22. The summed E-state index contributed by atoms with van der Waals surface area (Å²) in [6.07, 6.45) is 0.812. The van der Waals surface area contributed by atoms with Gasteiger partial charge < -0.3 is 0 Å². The smallest absolute Gasteiger partial charge is 0.208 e. The zero-order valence-electron chi connectivity index (χ0n) is 9.77. The Balaban J connectivity index is 4.16. The highest BCUT2D eigenvalue weighted by molar-refractivity contribution is 7.90. The van der Waals surface area contributed by atoms with Crippen LogP contribution < -0.4 is 4.72 Å². The van der Waals surface area contributed by atoms with Gasteiger partial charge in [0.1, 0.15) is 0 Å². The number of alkyl halides is 4. The summed E-state index contributed by atoms with van der Waals surface area (Å²) < 4.78 is 59.0. The largest absolute Gasteiger partial charge is 0.511 e. The molecule has 0 unspecified atom stereocenters. The standard InChI is InChI=1S/C8H17ClF3NO2SSi/c1-17(2,6-3-4-9)7-5-13-16(14,15)8(10,11)12/h13H,3-7H2,1-2H3. The summed E-state index contributed by atoms with van der Waals surface area (Å²) in [7, 11) is -6.86. The van der Waals surface area contributed by atoms with E-state index in [4.69, 9.17) is 11.6 Å². The van der Waals surface area contributed by atoms with Crippen LogP contribution in [0.5, 0.6) is 0 Å². The Morgan fingerprint density at radius 3 is 2.18 bits per heavy atom. The lowest BCUT2D eigenvalue weighted by Crippen LogP contribution is -2.39. The van der Waals surface area contributed by atoms with E-state index in [9.17, 15) is 21.6 Å². The van der Waals surface area contributed by atoms with Crippen molar-refractivity contribution in [1.29, 1.82) is 0 Å². The SMILES string of the molecule is C[Si](C)(CCCCl)CCNS(=O)(=O)C(F)(F)F. The van der Waals surface area contributed by atoms with Gasteiger partial charge in [-0.2, -0.15) is 13.2 Å². The van der Waals surface area contributed by atoms with Crippen LogP contribution in [-0.2, 0) is 10.0 Å². The summed E-state index contributed by atoms with van der Waals surface area (Å²) >= 11 is 5.54. The minimum atomic E-state index is -5.23. The Morgan fingerprint density at radius 1 is 1.24 bits per heavy atom. The van der Waals surface area contributed by atoms with E-state index in [1.165, 1.54) is 0 Å². The van der Waals surface area contributed by atoms with Crippen molar-refractivity contribution >= 4 is 29.7 Å². The number of nitrogens with one attached hydrogen (secondary N) is 1. The Hall–Kier alpha value is 0.207. The van der Waals surface area contributed by atoms with Gasteiger partial charge in [0.15, 0.2) is 0 Å². The molecule has 17 heavy (non-hydrogen) atoms. The van der Waals surface area contributed by atoms with E-state index in [1.54, 1.807) is 4.72 Å². The van der Waals surface area contributed by atoms with Crippen LogP contribution >= 0.6 is 11.6 Å². The van der Waals surface area contributed by atoms with Gasteiger partial charge in [0.05, 0.1) is 0 Å². The predicted molar refractivity (Wildman–Crippen MR) is 65.4 cm³/mol. The quantitative estimate of drug-likeness (QED) is 0.580. The molecule has 0 aromatic carbocycles. The van der Waals surface area contributed by atoms with Crippen molar-refractivity contribution in [1.82, 2.24) is 4.72 Å². The molecule has 0 fully saturated rings. The molecule has 0 aromatic heterocycles. The lowest BCUT2D eigenvalue weighted by Gasteiger charge is -2.22. The molecule has 0 aliphatic carbocycles. The summed E-state index contributed by atoms with van der Waals surface area (Å²) in [5.74, 6) is 0.519. The Bertz CT molecular complexity index is 332. The zero-order valence-corrected chi connectivity index (χ0v) is 12.3. The van der Waals surface area contributed by atoms with Crippen LogP contribution in [0.25, 0.3) is 0 Å². The molecule has 0 saturated carbocycles. The fourth-order valence-corrected chi connectivity index (χ4v) is 4.54. The van der Waals surface area contributed by atoms with Crippen LogP contribution in [0.4, 0.5) is 13.2 Å². The van der Waals surface area contributed by atoms with Crippen LogP contribution in [0.2, 0.25) is 25.2 Å². The van der Waals surface area contributed by atoms with Crippen LogP contribution in [-0.4, -0.2) is 34.4 Å². The molecule has 1 N–H and O–H groups in total. The second-order valence-corrected chi connectivity index (χ2v) is 12.0. The summed E-state index contributed by atoms with van der Waals surface area (Å²) in [6, 6.07) is 1.35. The molecule has 0 amide bonds. The van der Waals surface area contributed by atoms with E-state index in [0.717, 1.165) is 12.5 Å². The number of hydrogen-bond donors (Lipinski definition) is 1. The summed E-state index contributed by atoms with van der Waals surface area (Å²) in [6.45, 7) is 3.84. The second-order valence-electron chi connectivity index (χ2n) is 4.55. The van der Waals surface area contributed by atoms with E-state index in [0.29, 0.717) is 11.9 Å². The molecule has 0 aromatic rings. The van der Waals surface area contributed by atoms with Crippen molar-refractivity contribution < 1.29 is 21.6 Å². The van der Waals surface area contributed by atoms with Gasteiger partial charge in [-0.25, -0.2) is 13.1 Å². The molecule has 0 bridgehead atoms. The van der Waals surface area contributed by atoms with Crippen LogP contribution in [0.15, 0.2) is 0 Å². The molecule has 9 heteroatoms. The Labute approximate surface area is 106 Å². The highest BCUT2D eigenvalue weighted by atomic mass is 35.5. The van der Waals surface area contributed by atoms with Gasteiger partial charge in [-0.3, -0.25) is 0 Å². The van der Waals surface area contributed by atoms with Gasteiger partial charge >= 0.3 is 15.5 Å². The van der Waals surface area contributed by atoms with Crippen molar-refractivity contribution in [2.75, 3.05) is 12.4 Å². The second kappa shape index (κ2) is 6.40. The molecule has 104 valence electrons. The summed E-state index contributed by atoms with van der Waals surface area (Å²) in [5, 5.41) is 0. The van der Waals surface area contributed by atoms with E-state index in [-0.39, 0.29) is 6.54 Å². The van der Waals surface area contributed by atoms with E-state index < -0.39 is 23.6 Å². The normalized spacial score (nSPS) is 14.0. The molecule has 0 spiro atoms. The third-order valence-electron chi connectivity index (χ3n) is 2.39. The minimum absolute atomic E-state index is 0.163. The summed E-state index contributed by atoms with van der Waals surface area (Å²) in [5.41, 5.74) is -5.23. The van der Waals surface area contributed by atoms with Crippen molar-refractivity contribution in [2.45, 2.75) is 37.1 Å². The summed E-state index contributed by atoms with van der Waals surface area (Å²) in [4.78, 5) is 0. The first-order valence-electron chi connectivity index (χ1n) is 5.14. The van der Waals surface area contributed by atoms with Crippen molar-refractivity contribution in [3.63, 3.8) is 0 Å². The van der Waals surface area contributed by atoms with Crippen molar-refractivity contribution in [3.8, 4) is 0 Å². The number of hydrogen-bond acceptors (Lipinski definition) is 2. The van der Waals surface area contributed by atoms with E-state index >= 15 is 0 Å². The molecular weight excluding hydrogens is 295 g/mol. The fraction of sp³-hybridized carbons (Fsp3) is 1.00. The molecule has 0 rings (SSSR count). The van der Waals surface area contributed by atoms with E-state index in [1.807, 2.05) is 13.1 Å². The number of halogens is 4. The molecule has 0 heterocycles. The maximum atomic E-state index is 12.0. The molecule has 3 nitrogen and oxygen atoms in total. The predicted octanol–water partition coefficient (Wildman–Crippen LogP) is 2.76. The third kappa shape index (κ3) is 6.63. The highest BCUT2D eigenvalue weighted by Gasteiger charge is 2.45. The van der Waals surface area contributed by atoms with Gasteiger partial charge in [-0.15, -0.1) is 11.6 Å². The Kier molecular flexibility index (Phi) is 6.47. The maximum absolute atomic E-state index is 12.0. The van der Waals surface area contributed by atoms with Gasteiger partial charge in [0.2, 0.25) is 0 Å². The van der Waals surface area contributed by atoms with Gasteiger partial charge in [-0.05, 0) is 12.5 Å². The first-order chi connectivity index (χ1) is 7.52. The van der Waals surface area contributed by atoms with Crippen LogP contribution in [0.3, 0.4) is 0 Å². The minimum Gasteiger partial charge on any atom is -0.208 e. The molecule has 0 atom stereocenters. The molecule has 0 radical (unpaired) electrons. The first kappa shape index (κ1) is 17.2. The molecule has 0 aliphatic heterocycles. The van der Waals surface area contributed by atoms with Gasteiger partial charge in [0.25, 0.3) is 0 Å². The van der Waals surface area contributed by atoms with Crippen molar-refractivity contribution in [2.24, 2.45) is 0 Å². The lowest BCUT2D eigenvalue weighted by atomic mass is 10.6. The molecule has 0 saturated heterocycles. The van der Waals surface area contributed by atoms with Crippen molar-refractivity contribution in [3.05, 3.63) is 0 Å². The Morgan fingerprint density at radius 2 is 1.76 bits per heavy atom. The molecular formula is C8H17ClF3NO2SSi. The third-order valence-corrected chi connectivity index (χ3v) is 7.16. The monoisotopic (exact) mass is 311 g/mol. The van der Waals surface area contributed by atoms with Crippen LogP contribution in [0, 0.1) is 0 Å². The van der Waals surface area contributed by atoms with Gasteiger partial charge in [-0.1, -0.05) is 19.1 Å². The number of sulfonamides is 1. The average molecular weight is 312 g/mol. The number of rotatable bonds is 7. The van der Waals surface area contributed by atoms with Crippen LogP contribution in [0.1, 0.15) is 6.42 Å². The molecule has 0 aliphatic rings. The topological polar surface area (TPSA) is 46.2 Å². The van der Waals surface area contributed by atoms with E-state index in [2.05, 4.69) is 0 Å². The lowest BCUT2D eigenvalue weighted by molar-refractivity contribution is -0.0447. The average Bonchev–Trinajstić information content (AvgIpc) is 2.12. The van der Waals surface area contributed by atoms with Gasteiger partial charge in [0, 0.05) is 20.5 Å².